The summed E-state index contributed by atoms with van der Waals surface area (Å²) in [4.78, 5) is 28.0. The van der Waals surface area contributed by atoms with Gasteiger partial charge in [0.15, 0.2) is 0 Å². The van der Waals surface area contributed by atoms with Crippen LogP contribution in [0.3, 0.4) is 0 Å². The molecule has 0 saturated carbocycles. The highest BCUT2D eigenvalue weighted by Crippen LogP contribution is 2.32. The summed E-state index contributed by atoms with van der Waals surface area (Å²) in [5, 5.41) is 6.75. The summed E-state index contributed by atoms with van der Waals surface area (Å²) in [7, 11) is 0. The minimum atomic E-state index is -0.517. The van der Waals surface area contributed by atoms with Crippen molar-refractivity contribution in [1.82, 2.24) is 20.0 Å². The van der Waals surface area contributed by atoms with E-state index in [0.29, 0.717) is 37.6 Å². The summed E-state index contributed by atoms with van der Waals surface area (Å²) in [5.41, 5.74) is 6.40. The number of primary amides is 1. The summed E-state index contributed by atoms with van der Waals surface area (Å²) in [6.45, 7) is 3.98. The van der Waals surface area contributed by atoms with Gasteiger partial charge < -0.3 is 15.4 Å². The van der Waals surface area contributed by atoms with Crippen molar-refractivity contribution in [2.24, 2.45) is 5.73 Å². The van der Waals surface area contributed by atoms with E-state index >= 15 is 0 Å². The average Bonchev–Trinajstić information content (AvgIpc) is 3.16. The monoisotopic (exact) mass is 307 g/mol. The van der Waals surface area contributed by atoms with Gasteiger partial charge in [0.25, 0.3) is 5.91 Å². The number of nitrogens with zero attached hydrogens (tertiary/aromatic N) is 3. The standard InChI is InChI=1S/C14H21N5O3/c15-14(21)10-8-16-17-13(10)11-2-1-3-19(11)12(20)9-18-4-6-22-7-5-18/h8,11H,1-7,9H2,(H2,15,21)(H,16,17)/t11-/m0/s1. The molecule has 8 nitrogen and oxygen atoms in total. The Morgan fingerprint density at radius 1 is 1.36 bits per heavy atom. The van der Waals surface area contributed by atoms with Gasteiger partial charge in [0, 0.05) is 19.6 Å². The van der Waals surface area contributed by atoms with Gasteiger partial charge in [-0.25, -0.2) is 0 Å². The number of H-pyrrole nitrogens is 1. The summed E-state index contributed by atoms with van der Waals surface area (Å²) in [6, 6.07) is -0.140. The number of likely N-dealkylation sites (tertiary alicyclic amines) is 1. The highest BCUT2D eigenvalue weighted by Gasteiger charge is 2.34. The molecule has 1 atom stereocenters. The molecule has 2 aliphatic rings. The van der Waals surface area contributed by atoms with E-state index in [2.05, 4.69) is 15.1 Å². The molecule has 2 aliphatic heterocycles. The number of hydrogen-bond donors (Lipinski definition) is 2. The van der Waals surface area contributed by atoms with Crippen LogP contribution in [0, 0.1) is 0 Å². The van der Waals surface area contributed by atoms with Crippen molar-refractivity contribution in [2.75, 3.05) is 39.4 Å². The molecule has 0 unspecified atom stereocenters. The molecule has 0 aliphatic carbocycles. The summed E-state index contributed by atoms with van der Waals surface area (Å²) in [6.07, 6.45) is 3.16. The van der Waals surface area contributed by atoms with E-state index in [-0.39, 0.29) is 11.9 Å². The predicted octanol–water partition coefficient (Wildman–Crippen LogP) is -0.496. The van der Waals surface area contributed by atoms with Crippen LogP contribution in [0.4, 0.5) is 0 Å². The smallest absolute Gasteiger partial charge is 0.252 e. The first-order valence-corrected chi connectivity index (χ1v) is 7.59. The number of carbonyl (C=O) groups is 2. The quantitative estimate of drug-likeness (QED) is 0.780. The second-order valence-electron chi connectivity index (χ2n) is 5.70. The molecule has 8 heteroatoms. The molecule has 120 valence electrons. The lowest BCUT2D eigenvalue weighted by molar-refractivity contribution is -0.134. The highest BCUT2D eigenvalue weighted by atomic mass is 16.5. The summed E-state index contributed by atoms with van der Waals surface area (Å²) in [5.74, 6) is -0.439. The molecule has 3 N–H and O–H groups in total. The van der Waals surface area contributed by atoms with E-state index in [4.69, 9.17) is 10.5 Å². The van der Waals surface area contributed by atoms with Crippen molar-refractivity contribution >= 4 is 11.8 Å². The van der Waals surface area contributed by atoms with Crippen LogP contribution < -0.4 is 5.73 Å². The third kappa shape index (κ3) is 2.97. The van der Waals surface area contributed by atoms with Gasteiger partial charge in [-0.15, -0.1) is 0 Å². The van der Waals surface area contributed by atoms with Crippen molar-refractivity contribution in [1.29, 1.82) is 0 Å². The van der Waals surface area contributed by atoms with Gasteiger partial charge in [-0.3, -0.25) is 19.6 Å². The molecule has 2 amide bonds. The van der Waals surface area contributed by atoms with E-state index < -0.39 is 5.91 Å². The average molecular weight is 307 g/mol. The molecule has 0 spiro atoms. The fourth-order valence-corrected chi connectivity index (χ4v) is 3.15. The Morgan fingerprint density at radius 2 is 2.14 bits per heavy atom. The van der Waals surface area contributed by atoms with Crippen LogP contribution in [0.1, 0.15) is 34.9 Å². The Morgan fingerprint density at radius 3 is 2.86 bits per heavy atom. The second-order valence-corrected chi connectivity index (χ2v) is 5.70. The lowest BCUT2D eigenvalue weighted by Gasteiger charge is -2.30. The molecule has 22 heavy (non-hydrogen) atoms. The SMILES string of the molecule is NC(=O)c1cn[nH]c1[C@@H]1CCCN1C(=O)CN1CCOCC1. The second kappa shape index (κ2) is 6.45. The molecular formula is C14H21N5O3. The minimum Gasteiger partial charge on any atom is -0.379 e. The Hall–Kier alpha value is -1.93. The van der Waals surface area contributed by atoms with E-state index in [1.165, 1.54) is 6.20 Å². The van der Waals surface area contributed by atoms with Gasteiger partial charge in [0.05, 0.1) is 43.3 Å². The fraction of sp³-hybridized carbons (Fsp3) is 0.643. The third-order valence-corrected chi connectivity index (χ3v) is 4.30. The Labute approximate surface area is 128 Å². The minimum absolute atomic E-state index is 0.0782. The van der Waals surface area contributed by atoms with Crippen LogP contribution in [0.25, 0.3) is 0 Å². The Balaban J connectivity index is 1.70. The van der Waals surface area contributed by atoms with Crippen molar-refractivity contribution in [3.05, 3.63) is 17.5 Å². The first-order chi connectivity index (χ1) is 10.7. The first-order valence-electron chi connectivity index (χ1n) is 7.59. The van der Waals surface area contributed by atoms with E-state index in [1.54, 1.807) is 0 Å². The van der Waals surface area contributed by atoms with E-state index in [1.807, 2.05) is 4.90 Å². The topological polar surface area (TPSA) is 105 Å². The van der Waals surface area contributed by atoms with Crippen molar-refractivity contribution in [2.45, 2.75) is 18.9 Å². The molecular weight excluding hydrogens is 286 g/mol. The van der Waals surface area contributed by atoms with E-state index in [9.17, 15) is 9.59 Å². The largest absolute Gasteiger partial charge is 0.379 e. The number of nitrogens with one attached hydrogen (secondary N) is 1. The number of amides is 2. The maximum Gasteiger partial charge on any atom is 0.252 e. The maximum absolute atomic E-state index is 12.6. The maximum atomic E-state index is 12.6. The van der Waals surface area contributed by atoms with Gasteiger partial charge in [0.2, 0.25) is 5.91 Å². The van der Waals surface area contributed by atoms with Crippen LogP contribution in [0.5, 0.6) is 0 Å². The zero-order chi connectivity index (χ0) is 15.5. The molecule has 0 aromatic carbocycles. The number of hydrogen-bond acceptors (Lipinski definition) is 5. The Bertz CT molecular complexity index is 552. The van der Waals surface area contributed by atoms with E-state index in [0.717, 1.165) is 25.9 Å². The number of nitrogens with two attached hydrogens (primary N) is 1. The molecule has 0 radical (unpaired) electrons. The number of morpholine rings is 1. The van der Waals surface area contributed by atoms with Gasteiger partial charge in [-0.2, -0.15) is 5.10 Å². The number of rotatable bonds is 4. The van der Waals surface area contributed by atoms with Gasteiger partial charge in [-0.05, 0) is 12.8 Å². The summed E-state index contributed by atoms with van der Waals surface area (Å²) >= 11 is 0. The van der Waals surface area contributed by atoms with Crippen molar-refractivity contribution in [3.63, 3.8) is 0 Å². The van der Waals surface area contributed by atoms with Crippen LogP contribution in [-0.4, -0.2) is 71.2 Å². The van der Waals surface area contributed by atoms with Crippen LogP contribution in [0.2, 0.25) is 0 Å². The first kappa shape index (κ1) is 15.0. The van der Waals surface area contributed by atoms with Gasteiger partial charge in [0.1, 0.15) is 0 Å². The normalized spacial score (nSPS) is 22.9. The van der Waals surface area contributed by atoms with Gasteiger partial charge >= 0.3 is 0 Å². The molecule has 2 saturated heterocycles. The number of ether oxygens (including phenoxy) is 1. The van der Waals surface area contributed by atoms with Crippen molar-refractivity contribution < 1.29 is 14.3 Å². The molecule has 0 bridgehead atoms. The number of aromatic nitrogens is 2. The fourth-order valence-electron chi connectivity index (χ4n) is 3.15. The lowest BCUT2D eigenvalue weighted by Crippen LogP contribution is -2.44. The van der Waals surface area contributed by atoms with Crippen molar-refractivity contribution in [3.8, 4) is 0 Å². The molecule has 1 aromatic heterocycles. The molecule has 3 rings (SSSR count). The zero-order valence-corrected chi connectivity index (χ0v) is 12.5. The lowest BCUT2D eigenvalue weighted by atomic mass is 10.1. The number of aromatic amines is 1. The van der Waals surface area contributed by atoms with Crippen LogP contribution >= 0.6 is 0 Å². The molecule has 2 fully saturated rings. The predicted molar refractivity (Wildman–Crippen MR) is 78.1 cm³/mol. The highest BCUT2D eigenvalue weighted by molar-refractivity contribution is 5.94. The Kier molecular flexibility index (Phi) is 4.39. The van der Waals surface area contributed by atoms with Gasteiger partial charge in [-0.1, -0.05) is 0 Å². The van der Waals surface area contributed by atoms with Crippen LogP contribution in [0.15, 0.2) is 6.20 Å². The van der Waals surface area contributed by atoms with Crippen LogP contribution in [-0.2, 0) is 9.53 Å². The number of carbonyl (C=O) groups excluding carboxylic acids is 2. The molecule has 1 aromatic rings. The third-order valence-electron chi connectivity index (χ3n) is 4.30. The summed E-state index contributed by atoms with van der Waals surface area (Å²) < 4.78 is 5.30. The molecule has 3 heterocycles. The zero-order valence-electron chi connectivity index (χ0n) is 12.5.